The summed E-state index contributed by atoms with van der Waals surface area (Å²) in [4.78, 5) is 16.7. The van der Waals surface area contributed by atoms with Crippen LogP contribution in [0.2, 0.25) is 0 Å². The minimum atomic E-state index is -0.349. The van der Waals surface area contributed by atoms with Crippen molar-refractivity contribution in [2.45, 2.75) is 32.6 Å². The van der Waals surface area contributed by atoms with Crippen LogP contribution >= 0.6 is 0 Å². The van der Waals surface area contributed by atoms with Crippen molar-refractivity contribution >= 4 is 11.7 Å². The summed E-state index contributed by atoms with van der Waals surface area (Å²) in [5, 5.41) is 0. The standard InChI is InChI=1S/C16H19N3O2/c1-2-21-16(20)12-9-11(17)7-8-14(12)19-10-18-13-5-3-4-6-15(13)19/h7-10H,2-6,17H2,1H3. The van der Waals surface area contributed by atoms with Gasteiger partial charge >= 0.3 is 5.97 Å². The van der Waals surface area contributed by atoms with E-state index in [-0.39, 0.29) is 5.97 Å². The van der Waals surface area contributed by atoms with E-state index in [4.69, 9.17) is 10.5 Å². The topological polar surface area (TPSA) is 70.1 Å². The van der Waals surface area contributed by atoms with Crippen molar-refractivity contribution in [2.75, 3.05) is 12.3 Å². The number of aromatic nitrogens is 2. The highest BCUT2D eigenvalue weighted by molar-refractivity contribution is 5.94. The average Bonchev–Trinajstić information content (AvgIpc) is 2.91. The zero-order chi connectivity index (χ0) is 14.8. The van der Waals surface area contributed by atoms with Gasteiger partial charge in [-0.25, -0.2) is 9.78 Å². The van der Waals surface area contributed by atoms with Gasteiger partial charge < -0.3 is 15.0 Å². The molecular formula is C16H19N3O2. The largest absolute Gasteiger partial charge is 0.462 e. The minimum Gasteiger partial charge on any atom is -0.462 e. The van der Waals surface area contributed by atoms with Crippen molar-refractivity contribution in [1.29, 1.82) is 0 Å². The summed E-state index contributed by atoms with van der Waals surface area (Å²) in [5.74, 6) is -0.349. The van der Waals surface area contributed by atoms with Crippen molar-refractivity contribution in [3.63, 3.8) is 0 Å². The van der Waals surface area contributed by atoms with E-state index in [1.54, 1.807) is 25.4 Å². The summed E-state index contributed by atoms with van der Waals surface area (Å²) in [6, 6.07) is 5.33. The molecule has 110 valence electrons. The van der Waals surface area contributed by atoms with Crippen molar-refractivity contribution in [3.05, 3.63) is 41.5 Å². The molecule has 0 amide bonds. The van der Waals surface area contributed by atoms with Gasteiger partial charge in [0.15, 0.2) is 0 Å². The fourth-order valence-electron chi connectivity index (χ4n) is 2.81. The third-order valence-electron chi connectivity index (χ3n) is 3.81. The lowest BCUT2D eigenvalue weighted by molar-refractivity contribution is 0.0526. The van der Waals surface area contributed by atoms with E-state index in [2.05, 4.69) is 4.98 Å². The molecule has 0 saturated carbocycles. The molecule has 0 radical (unpaired) electrons. The number of imidazole rings is 1. The zero-order valence-corrected chi connectivity index (χ0v) is 12.1. The number of hydrogen-bond donors (Lipinski definition) is 1. The maximum Gasteiger partial charge on any atom is 0.340 e. The Morgan fingerprint density at radius 2 is 2.19 bits per heavy atom. The van der Waals surface area contributed by atoms with Gasteiger partial charge in [-0.15, -0.1) is 0 Å². The lowest BCUT2D eigenvalue weighted by atomic mass is 10.0. The summed E-state index contributed by atoms with van der Waals surface area (Å²) >= 11 is 0. The number of ether oxygens (including phenoxy) is 1. The second-order valence-corrected chi connectivity index (χ2v) is 5.21. The van der Waals surface area contributed by atoms with E-state index in [9.17, 15) is 4.79 Å². The highest BCUT2D eigenvalue weighted by Gasteiger charge is 2.20. The van der Waals surface area contributed by atoms with Crippen LogP contribution in [0.1, 0.15) is 41.5 Å². The third-order valence-corrected chi connectivity index (χ3v) is 3.81. The molecule has 0 spiro atoms. The Hall–Kier alpha value is -2.30. The number of rotatable bonds is 3. The van der Waals surface area contributed by atoms with Gasteiger partial charge in [0.25, 0.3) is 0 Å². The number of benzene rings is 1. The van der Waals surface area contributed by atoms with E-state index >= 15 is 0 Å². The molecule has 0 aliphatic heterocycles. The molecule has 1 aromatic carbocycles. The maximum atomic E-state index is 12.2. The smallest absolute Gasteiger partial charge is 0.340 e. The number of nitrogens with zero attached hydrogens (tertiary/aromatic N) is 2. The zero-order valence-electron chi connectivity index (χ0n) is 12.1. The van der Waals surface area contributed by atoms with Crippen LogP contribution in [0.5, 0.6) is 0 Å². The van der Waals surface area contributed by atoms with E-state index in [0.29, 0.717) is 17.9 Å². The van der Waals surface area contributed by atoms with Crippen molar-refractivity contribution < 1.29 is 9.53 Å². The summed E-state index contributed by atoms with van der Waals surface area (Å²) < 4.78 is 7.14. The molecule has 21 heavy (non-hydrogen) atoms. The average molecular weight is 285 g/mol. The second kappa shape index (κ2) is 5.60. The van der Waals surface area contributed by atoms with Crippen molar-refractivity contribution in [2.24, 2.45) is 0 Å². The fourth-order valence-corrected chi connectivity index (χ4v) is 2.81. The first-order chi connectivity index (χ1) is 10.2. The number of nitrogen functional groups attached to an aromatic ring is 1. The first-order valence-electron chi connectivity index (χ1n) is 7.33. The van der Waals surface area contributed by atoms with Gasteiger partial charge in [-0.2, -0.15) is 0 Å². The molecule has 5 nitrogen and oxygen atoms in total. The van der Waals surface area contributed by atoms with E-state index in [0.717, 1.165) is 30.6 Å². The Bertz CT molecular complexity index is 676. The number of hydrogen-bond acceptors (Lipinski definition) is 4. The van der Waals surface area contributed by atoms with Gasteiger partial charge in [-0.1, -0.05) is 0 Å². The number of carbonyl (C=O) groups is 1. The van der Waals surface area contributed by atoms with Crippen LogP contribution < -0.4 is 5.73 Å². The van der Waals surface area contributed by atoms with E-state index in [1.165, 1.54) is 12.1 Å². The summed E-state index contributed by atoms with van der Waals surface area (Å²) in [7, 11) is 0. The Morgan fingerprint density at radius 3 is 3.00 bits per heavy atom. The maximum absolute atomic E-state index is 12.2. The lowest BCUT2D eigenvalue weighted by Gasteiger charge is -2.16. The van der Waals surface area contributed by atoms with E-state index < -0.39 is 0 Å². The van der Waals surface area contributed by atoms with Crippen LogP contribution in [0.4, 0.5) is 5.69 Å². The van der Waals surface area contributed by atoms with Gasteiger partial charge in [-0.05, 0) is 50.8 Å². The van der Waals surface area contributed by atoms with Gasteiger partial charge in [-0.3, -0.25) is 0 Å². The molecule has 0 fully saturated rings. The Balaban J connectivity index is 2.10. The number of esters is 1. The Labute approximate surface area is 123 Å². The molecule has 2 N–H and O–H groups in total. The van der Waals surface area contributed by atoms with Gasteiger partial charge in [0, 0.05) is 11.4 Å². The molecule has 2 aromatic rings. The monoisotopic (exact) mass is 285 g/mol. The number of anilines is 1. The van der Waals surface area contributed by atoms with Crippen LogP contribution in [0, 0.1) is 0 Å². The first kappa shape index (κ1) is 13.7. The molecular weight excluding hydrogens is 266 g/mol. The third kappa shape index (κ3) is 2.51. The lowest BCUT2D eigenvalue weighted by Crippen LogP contribution is -2.13. The molecule has 0 atom stereocenters. The molecule has 1 aliphatic carbocycles. The van der Waals surface area contributed by atoms with Crippen molar-refractivity contribution in [1.82, 2.24) is 9.55 Å². The van der Waals surface area contributed by atoms with Crippen LogP contribution in [-0.2, 0) is 17.6 Å². The first-order valence-corrected chi connectivity index (χ1v) is 7.33. The van der Waals surface area contributed by atoms with Crippen LogP contribution in [-0.4, -0.2) is 22.1 Å². The summed E-state index contributed by atoms with van der Waals surface area (Å²) in [5.41, 5.74) is 9.97. The molecule has 5 heteroatoms. The molecule has 0 bridgehead atoms. The minimum absolute atomic E-state index is 0.342. The molecule has 1 heterocycles. The summed E-state index contributed by atoms with van der Waals surface area (Å²) in [6.45, 7) is 2.14. The SMILES string of the molecule is CCOC(=O)c1cc(N)ccc1-n1cnc2c1CCCC2. The fraction of sp³-hybridized carbons (Fsp3) is 0.375. The summed E-state index contributed by atoms with van der Waals surface area (Å²) in [6.07, 6.45) is 6.12. The number of fused-ring (bicyclic) bond motifs is 1. The van der Waals surface area contributed by atoms with Gasteiger partial charge in [0.2, 0.25) is 0 Å². The van der Waals surface area contributed by atoms with Crippen LogP contribution in [0.15, 0.2) is 24.5 Å². The Morgan fingerprint density at radius 1 is 1.38 bits per heavy atom. The van der Waals surface area contributed by atoms with Crippen molar-refractivity contribution in [3.8, 4) is 5.69 Å². The van der Waals surface area contributed by atoms with Crippen LogP contribution in [0.25, 0.3) is 5.69 Å². The van der Waals surface area contributed by atoms with Gasteiger partial charge in [0.1, 0.15) is 0 Å². The highest BCUT2D eigenvalue weighted by atomic mass is 16.5. The predicted molar refractivity (Wildman–Crippen MR) is 80.6 cm³/mol. The molecule has 0 unspecified atom stereocenters. The molecule has 1 aromatic heterocycles. The normalized spacial score (nSPS) is 13.8. The number of aryl methyl sites for hydroxylation is 1. The molecule has 1 aliphatic rings. The highest BCUT2D eigenvalue weighted by Crippen LogP contribution is 2.26. The van der Waals surface area contributed by atoms with Gasteiger partial charge in [0.05, 0.1) is 29.9 Å². The van der Waals surface area contributed by atoms with Crippen LogP contribution in [0.3, 0.4) is 0 Å². The Kier molecular flexibility index (Phi) is 3.64. The number of carbonyl (C=O) groups excluding carboxylic acids is 1. The second-order valence-electron chi connectivity index (χ2n) is 5.21. The molecule has 0 saturated heterocycles. The number of nitrogens with two attached hydrogens (primary N) is 1. The molecule has 3 rings (SSSR count). The predicted octanol–water partition coefficient (Wildman–Crippen LogP) is 2.51. The quantitative estimate of drug-likeness (QED) is 0.695. The van der Waals surface area contributed by atoms with E-state index in [1.807, 2.05) is 10.6 Å².